The number of nitrogens with one attached hydrogen (secondary N) is 3. The van der Waals surface area contributed by atoms with E-state index in [0.29, 0.717) is 11.3 Å². The SMILES string of the molecule is Cc1cccc(NC(=O)COc2ccc(/C=N\NC(=O)C(=O)NC3CC3)cc2)c1C. The van der Waals surface area contributed by atoms with Gasteiger partial charge < -0.3 is 15.4 Å². The van der Waals surface area contributed by atoms with Gasteiger partial charge >= 0.3 is 11.8 Å². The number of benzene rings is 2. The number of aryl methyl sites for hydroxylation is 1. The second-order valence-corrected chi connectivity index (χ2v) is 7.10. The molecule has 3 amide bonds. The van der Waals surface area contributed by atoms with Crippen molar-refractivity contribution < 1.29 is 19.1 Å². The molecule has 0 radical (unpaired) electrons. The molecule has 2 aromatic carbocycles. The normalized spacial score (nSPS) is 13.0. The Hall–Kier alpha value is -3.68. The van der Waals surface area contributed by atoms with Crippen LogP contribution in [0.15, 0.2) is 47.6 Å². The van der Waals surface area contributed by atoms with E-state index in [1.54, 1.807) is 24.3 Å². The van der Waals surface area contributed by atoms with E-state index in [2.05, 4.69) is 21.2 Å². The van der Waals surface area contributed by atoms with Crippen molar-refractivity contribution in [3.63, 3.8) is 0 Å². The van der Waals surface area contributed by atoms with Gasteiger partial charge in [-0.05, 0) is 73.7 Å². The van der Waals surface area contributed by atoms with Crippen molar-refractivity contribution in [2.24, 2.45) is 5.10 Å². The number of carbonyl (C=O) groups is 3. The Bertz CT molecular complexity index is 966. The molecule has 156 valence electrons. The van der Waals surface area contributed by atoms with Crippen LogP contribution < -0.4 is 20.8 Å². The van der Waals surface area contributed by atoms with Gasteiger partial charge in [-0.1, -0.05) is 12.1 Å². The zero-order valence-corrected chi connectivity index (χ0v) is 16.9. The van der Waals surface area contributed by atoms with E-state index in [1.807, 2.05) is 32.0 Å². The summed E-state index contributed by atoms with van der Waals surface area (Å²) in [5.41, 5.74) is 5.77. The van der Waals surface area contributed by atoms with Gasteiger partial charge in [0.25, 0.3) is 5.91 Å². The maximum Gasteiger partial charge on any atom is 0.329 e. The smallest absolute Gasteiger partial charge is 0.329 e. The molecule has 0 aromatic heterocycles. The molecule has 3 rings (SSSR count). The van der Waals surface area contributed by atoms with Crippen molar-refractivity contribution in [1.82, 2.24) is 10.7 Å². The predicted molar refractivity (Wildman–Crippen MR) is 113 cm³/mol. The quantitative estimate of drug-likeness (QED) is 0.370. The lowest BCUT2D eigenvalue weighted by molar-refractivity contribution is -0.139. The molecule has 1 saturated carbocycles. The Morgan fingerprint density at radius 1 is 1.07 bits per heavy atom. The van der Waals surface area contributed by atoms with E-state index in [0.717, 1.165) is 29.7 Å². The predicted octanol–water partition coefficient (Wildman–Crippen LogP) is 2.05. The minimum atomic E-state index is -0.798. The molecular weight excluding hydrogens is 384 g/mol. The van der Waals surface area contributed by atoms with Gasteiger partial charge in [0.15, 0.2) is 6.61 Å². The summed E-state index contributed by atoms with van der Waals surface area (Å²) in [6.45, 7) is 3.82. The average Bonchev–Trinajstić information content (AvgIpc) is 3.54. The summed E-state index contributed by atoms with van der Waals surface area (Å²) in [4.78, 5) is 35.2. The summed E-state index contributed by atoms with van der Waals surface area (Å²) in [5.74, 6) is -1.21. The first kappa shape index (κ1) is 21.0. The summed E-state index contributed by atoms with van der Waals surface area (Å²) in [6.07, 6.45) is 3.23. The van der Waals surface area contributed by atoms with E-state index in [-0.39, 0.29) is 18.6 Å². The molecule has 8 nitrogen and oxygen atoms in total. The van der Waals surface area contributed by atoms with Crippen molar-refractivity contribution in [3.8, 4) is 5.75 Å². The largest absolute Gasteiger partial charge is 0.484 e. The van der Waals surface area contributed by atoms with Crippen LogP contribution in [0.4, 0.5) is 5.69 Å². The third kappa shape index (κ3) is 6.16. The molecule has 3 N–H and O–H groups in total. The number of ether oxygens (including phenoxy) is 1. The fourth-order valence-electron chi connectivity index (χ4n) is 2.57. The number of hydrazone groups is 1. The number of amides is 3. The molecule has 0 atom stereocenters. The van der Waals surface area contributed by atoms with Crippen LogP contribution in [0.5, 0.6) is 5.75 Å². The van der Waals surface area contributed by atoms with Crippen molar-refractivity contribution in [1.29, 1.82) is 0 Å². The number of carbonyl (C=O) groups excluding carboxylic acids is 3. The van der Waals surface area contributed by atoms with Gasteiger partial charge in [0.1, 0.15) is 5.75 Å². The van der Waals surface area contributed by atoms with Gasteiger partial charge in [-0.25, -0.2) is 5.43 Å². The molecule has 30 heavy (non-hydrogen) atoms. The van der Waals surface area contributed by atoms with Crippen molar-refractivity contribution in [3.05, 3.63) is 59.2 Å². The Labute approximate surface area is 174 Å². The van der Waals surface area contributed by atoms with Gasteiger partial charge in [-0.3, -0.25) is 14.4 Å². The molecule has 2 aromatic rings. The van der Waals surface area contributed by atoms with E-state index >= 15 is 0 Å². The highest BCUT2D eigenvalue weighted by molar-refractivity contribution is 6.35. The fourth-order valence-corrected chi connectivity index (χ4v) is 2.57. The fraction of sp³-hybridized carbons (Fsp3) is 0.273. The van der Waals surface area contributed by atoms with E-state index in [4.69, 9.17) is 4.74 Å². The number of hydrogen-bond donors (Lipinski definition) is 3. The van der Waals surface area contributed by atoms with Crippen molar-refractivity contribution >= 4 is 29.6 Å². The highest BCUT2D eigenvalue weighted by Crippen LogP contribution is 2.19. The molecule has 0 bridgehead atoms. The number of nitrogens with zero attached hydrogens (tertiary/aromatic N) is 1. The second kappa shape index (κ2) is 9.69. The van der Waals surface area contributed by atoms with E-state index in [9.17, 15) is 14.4 Å². The first-order chi connectivity index (χ1) is 14.4. The Morgan fingerprint density at radius 2 is 1.80 bits per heavy atom. The monoisotopic (exact) mass is 408 g/mol. The molecule has 1 aliphatic carbocycles. The van der Waals surface area contributed by atoms with Crippen LogP contribution in [0.1, 0.15) is 29.5 Å². The van der Waals surface area contributed by atoms with Gasteiger partial charge in [0, 0.05) is 11.7 Å². The van der Waals surface area contributed by atoms with Crippen molar-refractivity contribution in [2.45, 2.75) is 32.7 Å². The molecule has 0 saturated heterocycles. The molecule has 0 spiro atoms. The minimum absolute atomic E-state index is 0.114. The third-order valence-electron chi connectivity index (χ3n) is 4.63. The average molecular weight is 408 g/mol. The first-order valence-electron chi connectivity index (χ1n) is 9.65. The van der Waals surface area contributed by atoms with Crippen LogP contribution in [0.3, 0.4) is 0 Å². The summed E-state index contributed by atoms with van der Waals surface area (Å²) >= 11 is 0. The van der Waals surface area contributed by atoms with Crippen LogP contribution in [0.2, 0.25) is 0 Å². The van der Waals surface area contributed by atoms with Crippen LogP contribution in [-0.4, -0.2) is 36.6 Å². The lowest BCUT2D eigenvalue weighted by Crippen LogP contribution is -2.38. The maximum atomic E-state index is 12.1. The molecule has 0 unspecified atom stereocenters. The Kier molecular flexibility index (Phi) is 6.79. The third-order valence-corrected chi connectivity index (χ3v) is 4.63. The van der Waals surface area contributed by atoms with Crippen LogP contribution in [0.25, 0.3) is 0 Å². The standard InChI is InChI=1S/C22H24N4O4/c1-14-4-3-5-19(15(14)2)25-20(27)13-30-18-10-6-16(7-11-18)12-23-26-22(29)21(28)24-17-8-9-17/h3-7,10-12,17H,8-9,13H2,1-2H3,(H,24,28)(H,25,27)(H,26,29)/b23-12-. The lowest BCUT2D eigenvalue weighted by Gasteiger charge is -2.11. The zero-order valence-electron chi connectivity index (χ0n) is 16.9. The summed E-state index contributed by atoms with van der Waals surface area (Å²) in [6, 6.07) is 12.7. The molecular formula is C22H24N4O4. The van der Waals surface area contributed by atoms with Crippen molar-refractivity contribution in [2.75, 3.05) is 11.9 Å². The highest BCUT2D eigenvalue weighted by atomic mass is 16.5. The topological polar surface area (TPSA) is 109 Å². The summed E-state index contributed by atoms with van der Waals surface area (Å²) in [7, 11) is 0. The van der Waals surface area contributed by atoms with Gasteiger partial charge in [0.05, 0.1) is 6.21 Å². The lowest BCUT2D eigenvalue weighted by atomic mass is 10.1. The number of rotatable bonds is 7. The van der Waals surface area contributed by atoms with Crippen LogP contribution in [0, 0.1) is 13.8 Å². The number of hydrogen-bond acceptors (Lipinski definition) is 5. The summed E-state index contributed by atoms with van der Waals surface area (Å²) in [5, 5.41) is 9.18. The molecule has 1 aliphatic rings. The Morgan fingerprint density at radius 3 is 2.50 bits per heavy atom. The van der Waals surface area contributed by atoms with Gasteiger partial charge in [-0.2, -0.15) is 5.10 Å². The molecule has 0 heterocycles. The van der Waals surface area contributed by atoms with Crippen LogP contribution in [-0.2, 0) is 14.4 Å². The Balaban J connectivity index is 1.43. The minimum Gasteiger partial charge on any atom is -0.484 e. The second-order valence-electron chi connectivity index (χ2n) is 7.10. The van der Waals surface area contributed by atoms with E-state index in [1.165, 1.54) is 6.21 Å². The maximum absolute atomic E-state index is 12.1. The molecule has 1 fully saturated rings. The molecule has 0 aliphatic heterocycles. The van der Waals surface area contributed by atoms with Crippen LogP contribution >= 0.6 is 0 Å². The highest BCUT2D eigenvalue weighted by Gasteiger charge is 2.26. The summed E-state index contributed by atoms with van der Waals surface area (Å²) < 4.78 is 5.50. The molecule has 8 heteroatoms. The van der Waals surface area contributed by atoms with E-state index < -0.39 is 11.8 Å². The number of anilines is 1. The van der Waals surface area contributed by atoms with Gasteiger partial charge in [-0.15, -0.1) is 0 Å². The zero-order chi connectivity index (χ0) is 21.5. The van der Waals surface area contributed by atoms with Gasteiger partial charge in [0.2, 0.25) is 0 Å². The first-order valence-corrected chi connectivity index (χ1v) is 9.65.